The lowest BCUT2D eigenvalue weighted by Gasteiger charge is -2.12. The number of carbonyl (C=O) groups is 1. The van der Waals surface area contributed by atoms with E-state index in [2.05, 4.69) is 15.6 Å². The van der Waals surface area contributed by atoms with Gasteiger partial charge in [0.25, 0.3) is 0 Å². The molecule has 0 spiro atoms. The van der Waals surface area contributed by atoms with Gasteiger partial charge in [0.2, 0.25) is 0 Å². The summed E-state index contributed by atoms with van der Waals surface area (Å²) in [5, 5.41) is 14.3. The van der Waals surface area contributed by atoms with Gasteiger partial charge in [-0.15, -0.1) is 0 Å². The zero-order valence-corrected chi connectivity index (χ0v) is 12.7. The lowest BCUT2D eigenvalue weighted by molar-refractivity contribution is 0.262. The highest BCUT2D eigenvalue weighted by Gasteiger charge is 2.09. The second-order valence-electron chi connectivity index (χ2n) is 4.36. The van der Waals surface area contributed by atoms with Crippen molar-refractivity contribution in [3.8, 4) is 0 Å². The first kappa shape index (κ1) is 16.5. The number of benzene rings is 1. The molecule has 2 rings (SSSR count). The third-order valence-electron chi connectivity index (χ3n) is 2.72. The number of aromatic nitrogens is 1. The minimum Gasteiger partial charge on any atom is -0.396 e. The minimum absolute atomic E-state index is 0.114. The summed E-state index contributed by atoms with van der Waals surface area (Å²) in [5.41, 5.74) is 1.24. The van der Waals surface area contributed by atoms with Crippen molar-refractivity contribution >= 4 is 40.6 Å². The predicted molar refractivity (Wildman–Crippen MR) is 84.1 cm³/mol. The molecule has 0 aliphatic carbocycles. The molecule has 3 N–H and O–H groups in total. The van der Waals surface area contributed by atoms with Crippen LogP contribution in [-0.2, 0) is 6.42 Å². The van der Waals surface area contributed by atoms with Gasteiger partial charge in [0, 0.05) is 18.0 Å². The second-order valence-corrected chi connectivity index (χ2v) is 5.13. The van der Waals surface area contributed by atoms with Crippen molar-refractivity contribution in [2.45, 2.75) is 6.42 Å². The maximum Gasteiger partial charge on any atom is 0.323 e. The quantitative estimate of drug-likeness (QED) is 0.741. The first-order chi connectivity index (χ1) is 10.5. The van der Waals surface area contributed by atoms with E-state index in [0.717, 1.165) is 0 Å². The van der Waals surface area contributed by atoms with E-state index in [1.54, 1.807) is 0 Å². The van der Waals surface area contributed by atoms with Crippen LogP contribution in [0.5, 0.6) is 0 Å². The number of halogens is 3. The highest BCUT2D eigenvalue weighted by Crippen LogP contribution is 2.21. The maximum absolute atomic E-state index is 13.3. The second kappa shape index (κ2) is 7.40. The summed E-state index contributed by atoms with van der Waals surface area (Å²) in [5.74, 6) is -0.494. The van der Waals surface area contributed by atoms with Crippen molar-refractivity contribution in [3.05, 3.63) is 52.0 Å². The van der Waals surface area contributed by atoms with Crippen LogP contribution in [0.4, 0.5) is 20.6 Å². The van der Waals surface area contributed by atoms with Gasteiger partial charge in [-0.05, 0) is 36.2 Å². The van der Waals surface area contributed by atoms with Crippen molar-refractivity contribution in [2.24, 2.45) is 0 Å². The Labute approximate surface area is 136 Å². The number of aliphatic hydroxyl groups excluding tert-OH is 1. The molecule has 2 amide bonds. The van der Waals surface area contributed by atoms with Gasteiger partial charge in [0.05, 0.1) is 0 Å². The van der Waals surface area contributed by atoms with Gasteiger partial charge >= 0.3 is 6.03 Å². The van der Waals surface area contributed by atoms with Crippen molar-refractivity contribution in [1.29, 1.82) is 0 Å². The zero-order chi connectivity index (χ0) is 16.1. The summed E-state index contributed by atoms with van der Waals surface area (Å²) in [6.45, 7) is -0.114. The summed E-state index contributed by atoms with van der Waals surface area (Å²) >= 11 is 11.5. The lowest BCUT2D eigenvalue weighted by atomic mass is 10.1. The van der Waals surface area contributed by atoms with Crippen LogP contribution in [0.25, 0.3) is 0 Å². The van der Waals surface area contributed by atoms with Crippen LogP contribution >= 0.6 is 23.2 Å². The van der Waals surface area contributed by atoms with Crippen LogP contribution in [0, 0.1) is 5.82 Å². The Bertz CT molecular complexity index is 678. The van der Waals surface area contributed by atoms with Crippen LogP contribution in [0.15, 0.2) is 30.3 Å². The van der Waals surface area contributed by atoms with E-state index in [0.29, 0.717) is 17.7 Å². The van der Waals surface area contributed by atoms with E-state index in [4.69, 9.17) is 28.3 Å². The highest BCUT2D eigenvalue weighted by molar-refractivity contribution is 6.33. The number of nitrogens with zero attached hydrogens (tertiary/aromatic N) is 1. The Morgan fingerprint density at radius 3 is 2.50 bits per heavy atom. The molecule has 2 aromatic rings. The molecule has 0 fully saturated rings. The topological polar surface area (TPSA) is 74.2 Å². The molecule has 1 aromatic carbocycles. The molecule has 22 heavy (non-hydrogen) atoms. The SMILES string of the molecule is O=C(Nc1cc(Cl)nc(Cl)c1)Nc1cc(F)ccc1CCO. The zero-order valence-electron chi connectivity index (χ0n) is 11.2. The number of rotatable bonds is 4. The summed E-state index contributed by atoms with van der Waals surface area (Å²) in [6, 6.07) is 6.19. The average Bonchev–Trinajstić information content (AvgIpc) is 2.40. The molecule has 0 radical (unpaired) electrons. The summed E-state index contributed by atoms with van der Waals surface area (Å²) in [6.07, 6.45) is 0.294. The monoisotopic (exact) mass is 343 g/mol. The third-order valence-corrected chi connectivity index (χ3v) is 3.11. The van der Waals surface area contributed by atoms with E-state index >= 15 is 0 Å². The Morgan fingerprint density at radius 2 is 1.86 bits per heavy atom. The molecule has 0 saturated heterocycles. The van der Waals surface area contributed by atoms with Crippen LogP contribution in [0.2, 0.25) is 10.3 Å². The van der Waals surface area contributed by atoms with Crippen molar-refractivity contribution in [1.82, 2.24) is 4.98 Å². The fourth-order valence-corrected chi connectivity index (χ4v) is 2.29. The maximum atomic E-state index is 13.3. The summed E-state index contributed by atoms with van der Waals surface area (Å²) < 4.78 is 13.3. The largest absolute Gasteiger partial charge is 0.396 e. The van der Waals surface area contributed by atoms with Gasteiger partial charge in [-0.2, -0.15) is 0 Å². The number of aliphatic hydroxyl groups is 1. The first-order valence-electron chi connectivity index (χ1n) is 6.28. The van der Waals surface area contributed by atoms with E-state index in [9.17, 15) is 9.18 Å². The van der Waals surface area contributed by atoms with Gasteiger partial charge in [0.1, 0.15) is 16.1 Å². The number of urea groups is 1. The van der Waals surface area contributed by atoms with Gasteiger partial charge in [-0.1, -0.05) is 29.3 Å². The summed E-state index contributed by atoms with van der Waals surface area (Å²) in [7, 11) is 0. The Morgan fingerprint density at radius 1 is 1.18 bits per heavy atom. The molecule has 0 aliphatic heterocycles. The molecule has 0 unspecified atom stereocenters. The fourth-order valence-electron chi connectivity index (χ4n) is 1.83. The minimum atomic E-state index is -0.594. The van der Waals surface area contributed by atoms with E-state index < -0.39 is 11.8 Å². The molecular formula is C14H12Cl2FN3O2. The van der Waals surface area contributed by atoms with E-state index in [-0.39, 0.29) is 22.6 Å². The van der Waals surface area contributed by atoms with Gasteiger partial charge in [0.15, 0.2) is 0 Å². The van der Waals surface area contributed by atoms with Gasteiger partial charge in [-0.25, -0.2) is 14.2 Å². The van der Waals surface area contributed by atoms with Crippen LogP contribution < -0.4 is 10.6 Å². The van der Waals surface area contributed by atoms with Gasteiger partial charge in [-0.3, -0.25) is 0 Å². The number of amides is 2. The summed E-state index contributed by atoms with van der Waals surface area (Å²) in [4.78, 5) is 15.7. The Kier molecular flexibility index (Phi) is 5.54. The molecule has 0 saturated carbocycles. The molecular weight excluding hydrogens is 332 g/mol. The highest BCUT2D eigenvalue weighted by atomic mass is 35.5. The van der Waals surface area contributed by atoms with Crippen molar-refractivity contribution in [2.75, 3.05) is 17.2 Å². The number of anilines is 2. The molecule has 1 aromatic heterocycles. The molecule has 0 atom stereocenters. The third kappa shape index (κ3) is 4.56. The Balaban J connectivity index is 2.13. The smallest absolute Gasteiger partial charge is 0.323 e. The lowest BCUT2D eigenvalue weighted by Crippen LogP contribution is -2.20. The number of hydrogen-bond donors (Lipinski definition) is 3. The molecule has 8 heteroatoms. The van der Waals surface area contributed by atoms with Gasteiger partial charge < -0.3 is 15.7 Å². The van der Waals surface area contributed by atoms with E-state index in [1.807, 2.05) is 0 Å². The van der Waals surface area contributed by atoms with Crippen LogP contribution in [0.3, 0.4) is 0 Å². The van der Waals surface area contributed by atoms with Crippen LogP contribution in [0.1, 0.15) is 5.56 Å². The number of pyridine rings is 1. The van der Waals surface area contributed by atoms with Crippen molar-refractivity contribution in [3.63, 3.8) is 0 Å². The molecule has 1 heterocycles. The van der Waals surface area contributed by atoms with Crippen molar-refractivity contribution < 1.29 is 14.3 Å². The standard InChI is InChI=1S/C14H12Cl2FN3O2/c15-12-6-10(7-13(16)20-12)18-14(22)19-11-5-9(17)2-1-8(11)3-4-21/h1-2,5-7,21H,3-4H2,(H2,18,19,20,22). The predicted octanol–water partition coefficient (Wildman–Crippen LogP) is 3.71. The molecule has 5 nitrogen and oxygen atoms in total. The van der Waals surface area contributed by atoms with Crippen LogP contribution in [-0.4, -0.2) is 22.7 Å². The molecule has 0 bridgehead atoms. The molecule has 116 valence electrons. The molecule has 0 aliphatic rings. The van der Waals surface area contributed by atoms with E-state index in [1.165, 1.54) is 30.3 Å². The normalized spacial score (nSPS) is 10.4. The number of carbonyl (C=O) groups excluding carboxylic acids is 1. The average molecular weight is 344 g/mol. The Hall–Kier alpha value is -1.89. The first-order valence-corrected chi connectivity index (χ1v) is 7.04. The fraction of sp³-hybridized carbons (Fsp3) is 0.143. The number of hydrogen-bond acceptors (Lipinski definition) is 3. The number of nitrogens with one attached hydrogen (secondary N) is 2.